The number of benzene rings is 2. The number of amides is 2. The summed E-state index contributed by atoms with van der Waals surface area (Å²) in [5, 5.41) is 15.9. The number of urea groups is 1. The summed E-state index contributed by atoms with van der Waals surface area (Å²) in [6.45, 7) is 0. The highest BCUT2D eigenvalue weighted by Gasteiger charge is 2.31. The van der Waals surface area contributed by atoms with Crippen LogP contribution in [0.15, 0.2) is 48.5 Å². The number of hydrogen-bond acceptors (Lipinski definition) is 3. The van der Waals surface area contributed by atoms with Crippen LogP contribution in [-0.2, 0) is 23.0 Å². The van der Waals surface area contributed by atoms with Gasteiger partial charge in [0.2, 0.25) is 0 Å². The van der Waals surface area contributed by atoms with Gasteiger partial charge in [-0.3, -0.25) is 4.21 Å². The second-order valence-electron chi connectivity index (χ2n) is 5.92. The van der Waals surface area contributed by atoms with Gasteiger partial charge >= 0.3 is 6.03 Å². The molecule has 3 rings (SSSR count). The Hall–Kier alpha value is -2.18. The lowest BCUT2D eigenvalue weighted by atomic mass is 10.1. The van der Waals surface area contributed by atoms with Crippen molar-refractivity contribution in [3.05, 3.63) is 65.2 Å². The summed E-state index contributed by atoms with van der Waals surface area (Å²) in [6.07, 6.45) is 1.53. The number of nitrogens with one attached hydrogen (secondary N) is 2. The van der Waals surface area contributed by atoms with Crippen molar-refractivity contribution in [3.63, 3.8) is 0 Å². The molecule has 2 aromatic rings. The molecule has 3 N–H and O–H groups in total. The molecule has 0 radical (unpaired) electrons. The third kappa shape index (κ3) is 3.66. The van der Waals surface area contributed by atoms with Crippen molar-refractivity contribution in [1.29, 1.82) is 0 Å². The van der Waals surface area contributed by atoms with Gasteiger partial charge in [-0.15, -0.1) is 0 Å². The lowest BCUT2D eigenvalue weighted by Gasteiger charge is -2.19. The van der Waals surface area contributed by atoms with E-state index in [4.69, 9.17) is 0 Å². The standard InChI is InChI=1S/C18H20N2O3S/c1-24(23)11-13-7-3-5-9-15(13)19-18(22)20-17-14-8-4-2-6-12(14)10-16(17)21/h2-9,16-17,21H,10-11H2,1H3,(H2,19,20,22)/t16-,17+,24+/m0/s1. The van der Waals surface area contributed by atoms with Gasteiger partial charge in [0.1, 0.15) is 0 Å². The van der Waals surface area contributed by atoms with E-state index in [9.17, 15) is 14.1 Å². The van der Waals surface area contributed by atoms with Gasteiger partial charge in [0.25, 0.3) is 0 Å². The average Bonchev–Trinajstić information content (AvgIpc) is 2.85. The number of anilines is 1. The molecule has 1 aliphatic carbocycles. The van der Waals surface area contributed by atoms with Gasteiger partial charge in [0.05, 0.1) is 17.9 Å². The molecule has 5 nitrogen and oxygen atoms in total. The monoisotopic (exact) mass is 344 g/mol. The zero-order valence-electron chi connectivity index (χ0n) is 13.4. The first-order valence-electron chi connectivity index (χ1n) is 7.76. The van der Waals surface area contributed by atoms with Gasteiger partial charge in [-0.05, 0) is 22.8 Å². The smallest absolute Gasteiger partial charge is 0.319 e. The predicted molar refractivity (Wildman–Crippen MR) is 95.3 cm³/mol. The maximum absolute atomic E-state index is 12.4. The van der Waals surface area contributed by atoms with E-state index in [0.717, 1.165) is 16.7 Å². The number of fused-ring (bicyclic) bond motifs is 1. The molecule has 0 saturated carbocycles. The Morgan fingerprint density at radius 1 is 1.21 bits per heavy atom. The van der Waals surface area contributed by atoms with Crippen molar-refractivity contribution in [3.8, 4) is 0 Å². The maximum atomic E-state index is 12.4. The molecule has 2 amide bonds. The fraction of sp³-hybridized carbons (Fsp3) is 0.278. The molecule has 0 spiro atoms. The zero-order valence-corrected chi connectivity index (χ0v) is 14.2. The molecule has 0 saturated heterocycles. The van der Waals surface area contributed by atoms with E-state index in [-0.39, 0.29) is 6.03 Å². The molecule has 6 heteroatoms. The van der Waals surface area contributed by atoms with Gasteiger partial charge in [-0.2, -0.15) is 0 Å². The van der Waals surface area contributed by atoms with Crippen LogP contribution in [0.5, 0.6) is 0 Å². The molecular formula is C18H20N2O3S. The Balaban J connectivity index is 1.72. The Kier molecular flexibility index (Phi) is 4.97. The largest absolute Gasteiger partial charge is 0.390 e. The summed E-state index contributed by atoms with van der Waals surface area (Å²) in [7, 11) is -0.993. The van der Waals surface area contributed by atoms with Crippen molar-refractivity contribution in [2.75, 3.05) is 11.6 Å². The Bertz CT molecular complexity index is 778. The van der Waals surface area contributed by atoms with E-state index in [1.165, 1.54) is 0 Å². The topological polar surface area (TPSA) is 78.4 Å². The van der Waals surface area contributed by atoms with Crippen molar-refractivity contribution in [1.82, 2.24) is 5.32 Å². The highest BCUT2D eigenvalue weighted by Crippen LogP contribution is 2.31. The van der Waals surface area contributed by atoms with Crippen molar-refractivity contribution in [2.24, 2.45) is 0 Å². The summed E-state index contributed by atoms with van der Waals surface area (Å²) in [5.41, 5.74) is 3.45. The second-order valence-corrected chi connectivity index (χ2v) is 7.36. The van der Waals surface area contributed by atoms with E-state index < -0.39 is 22.9 Å². The van der Waals surface area contributed by atoms with E-state index >= 15 is 0 Å². The molecule has 0 fully saturated rings. The van der Waals surface area contributed by atoms with Gasteiger partial charge < -0.3 is 15.7 Å². The molecule has 3 atom stereocenters. The number of carbonyl (C=O) groups excluding carboxylic acids is 1. The summed E-state index contributed by atoms with van der Waals surface area (Å²) in [6, 6.07) is 14.2. The number of aliphatic hydroxyl groups is 1. The van der Waals surface area contributed by atoms with Crippen LogP contribution in [0.4, 0.5) is 10.5 Å². The second kappa shape index (κ2) is 7.15. The van der Waals surface area contributed by atoms with E-state index in [2.05, 4.69) is 10.6 Å². The van der Waals surface area contributed by atoms with Crippen LogP contribution >= 0.6 is 0 Å². The number of rotatable bonds is 4. The van der Waals surface area contributed by atoms with Crippen LogP contribution in [-0.4, -0.2) is 27.7 Å². The lowest BCUT2D eigenvalue weighted by molar-refractivity contribution is 0.144. The highest BCUT2D eigenvalue weighted by atomic mass is 32.2. The van der Waals surface area contributed by atoms with E-state index in [0.29, 0.717) is 17.9 Å². The molecular weight excluding hydrogens is 324 g/mol. The fourth-order valence-electron chi connectivity index (χ4n) is 3.03. The quantitative estimate of drug-likeness (QED) is 0.797. The first-order chi connectivity index (χ1) is 11.5. The van der Waals surface area contributed by atoms with E-state index in [1.807, 2.05) is 42.5 Å². The van der Waals surface area contributed by atoms with Crippen molar-refractivity contribution >= 4 is 22.5 Å². The van der Waals surface area contributed by atoms with Crippen molar-refractivity contribution < 1.29 is 14.1 Å². The third-order valence-electron chi connectivity index (χ3n) is 4.11. The third-order valence-corrected chi connectivity index (χ3v) is 4.83. The van der Waals surface area contributed by atoms with Crippen LogP contribution in [0.2, 0.25) is 0 Å². The molecule has 126 valence electrons. The fourth-order valence-corrected chi connectivity index (χ4v) is 3.72. The van der Waals surface area contributed by atoms with Gasteiger partial charge in [0.15, 0.2) is 0 Å². The average molecular weight is 344 g/mol. The summed E-state index contributed by atoms with van der Waals surface area (Å²) in [4.78, 5) is 12.4. The molecule has 1 aliphatic rings. The molecule has 2 aromatic carbocycles. The first kappa shape index (κ1) is 16.7. The summed E-state index contributed by atoms with van der Waals surface area (Å²) in [5.74, 6) is 0.380. The summed E-state index contributed by atoms with van der Waals surface area (Å²) >= 11 is 0. The van der Waals surface area contributed by atoms with Crippen LogP contribution in [0.25, 0.3) is 0 Å². The maximum Gasteiger partial charge on any atom is 0.319 e. The van der Waals surface area contributed by atoms with Crippen molar-refractivity contribution in [2.45, 2.75) is 24.3 Å². The highest BCUT2D eigenvalue weighted by molar-refractivity contribution is 7.83. The lowest BCUT2D eigenvalue weighted by Crippen LogP contribution is -2.37. The molecule has 0 bridgehead atoms. The normalized spacial score (nSPS) is 20.2. The molecule has 0 aliphatic heterocycles. The molecule has 0 aromatic heterocycles. The summed E-state index contributed by atoms with van der Waals surface area (Å²) < 4.78 is 11.5. The van der Waals surface area contributed by atoms with Crippen LogP contribution < -0.4 is 10.6 Å². The first-order valence-corrected chi connectivity index (χ1v) is 9.48. The van der Waals surface area contributed by atoms with Gasteiger partial charge in [-0.25, -0.2) is 4.79 Å². The number of carbonyl (C=O) groups is 1. The Morgan fingerprint density at radius 3 is 2.71 bits per heavy atom. The van der Waals surface area contributed by atoms with Gasteiger partial charge in [-0.1, -0.05) is 42.5 Å². The van der Waals surface area contributed by atoms with Crippen LogP contribution in [0.1, 0.15) is 22.7 Å². The van der Waals surface area contributed by atoms with Gasteiger partial charge in [0, 0.05) is 29.2 Å². The molecule has 24 heavy (non-hydrogen) atoms. The van der Waals surface area contributed by atoms with Crippen LogP contribution in [0, 0.1) is 0 Å². The number of hydrogen-bond donors (Lipinski definition) is 3. The number of aliphatic hydroxyl groups excluding tert-OH is 1. The van der Waals surface area contributed by atoms with E-state index in [1.54, 1.807) is 12.3 Å². The van der Waals surface area contributed by atoms with Crippen LogP contribution in [0.3, 0.4) is 0 Å². The molecule has 0 unspecified atom stereocenters. The molecule has 0 heterocycles. The Labute approximate surface area is 143 Å². The Morgan fingerprint density at radius 2 is 1.92 bits per heavy atom. The minimum atomic E-state index is -0.993. The number of para-hydroxylation sites is 1. The minimum absolute atomic E-state index is 0.380. The zero-order chi connectivity index (χ0) is 17.1. The predicted octanol–water partition coefficient (Wildman–Crippen LogP) is 2.34. The SMILES string of the molecule is C[S@@](=O)Cc1ccccc1NC(=O)N[C@@H]1c2ccccc2C[C@@H]1O. The minimum Gasteiger partial charge on any atom is -0.390 e.